The molecular weight excluding hydrogens is 749 g/mol. The maximum absolute atomic E-state index is 14.7. The fourth-order valence-corrected chi connectivity index (χ4v) is 9.72. The summed E-state index contributed by atoms with van der Waals surface area (Å²) in [5.41, 5.74) is 11.3. The first-order valence-corrected chi connectivity index (χ1v) is 21.9. The minimum absolute atomic E-state index is 0.0672. The average molecular weight is 817 g/mol. The highest BCUT2D eigenvalue weighted by molar-refractivity contribution is 5.83. The van der Waals surface area contributed by atoms with Gasteiger partial charge < -0.3 is 30.6 Å². The topological polar surface area (TPSA) is 112 Å². The van der Waals surface area contributed by atoms with Gasteiger partial charge in [0.25, 0.3) is 0 Å². The van der Waals surface area contributed by atoms with Crippen LogP contribution in [0.4, 0.5) is 0 Å². The van der Waals surface area contributed by atoms with E-state index in [-0.39, 0.29) is 35.6 Å². The number of carbonyl (C=O) groups is 2. The molecule has 0 aliphatic carbocycles. The van der Waals surface area contributed by atoms with Gasteiger partial charge in [-0.15, -0.1) is 0 Å². The number of rotatable bonds is 17. The minimum Gasteiger partial charge on any atom is -0.508 e. The van der Waals surface area contributed by atoms with E-state index in [0.717, 1.165) is 85.0 Å². The fraction of sp³-hybridized carbons (Fsp3) is 0.480. The third-order valence-electron chi connectivity index (χ3n) is 13.2. The summed E-state index contributed by atoms with van der Waals surface area (Å²) in [6.45, 7) is 10.8. The molecule has 0 bridgehead atoms. The van der Waals surface area contributed by atoms with Crippen molar-refractivity contribution in [3.63, 3.8) is 0 Å². The second-order valence-electron chi connectivity index (χ2n) is 17.4. The van der Waals surface area contributed by atoms with Crippen LogP contribution in [0.2, 0.25) is 0 Å². The molecule has 2 aliphatic rings. The van der Waals surface area contributed by atoms with Crippen LogP contribution in [-0.2, 0) is 48.4 Å². The first-order chi connectivity index (χ1) is 28.8. The minimum atomic E-state index is -0.413. The second kappa shape index (κ2) is 20.2. The SMILES string of the molecule is CN[C@@H](Cc1c(C)cc(O)cc1C)C(=O)N(CCCCCCN(C(=O)[C@H](Cc1c(C)cc(O)cc1C)NC)C1Cc2ccccc2CN1C)C1Cc2ccccc2CN1C. The lowest BCUT2D eigenvalue weighted by Gasteiger charge is -2.43. The van der Waals surface area contributed by atoms with Gasteiger partial charge in [0.15, 0.2) is 0 Å². The van der Waals surface area contributed by atoms with Gasteiger partial charge in [-0.25, -0.2) is 0 Å². The van der Waals surface area contributed by atoms with Crippen molar-refractivity contribution in [2.24, 2.45) is 0 Å². The molecule has 2 unspecified atom stereocenters. The summed E-state index contributed by atoms with van der Waals surface area (Å²) in [5, 5.41) is 27.1. The Balaban J connectivity index is 1.16. The summed E-state index contributed by atoms with van der Waals surface area (Å²) in [6.07, 6.45) is 6.08. The molecule has 2 amide bonds. The normalized spacial score (nSPS) is 17.7. The van der Waals surface area contributed by atoms with E-state index in [2.05, 4.69) is 92.9 Å². The lowest BCUT2D eigenvalue weighted by atomic mass is 9.94. The molecule has 0 spiro atoms. The van der Waals surface area contributed by atoms with Crippen LogP contribution in [0.3, 0.4) is 0 Å². The van der Waals surface area contributed by atoms with E-state index in [4.69, 9.17) is 0 Å². The lowest BCUT2D eigenvalue weighted by Crippen LogP contribution is -2.57. The van der Waals surface area contributed by atoms with Crippen molar-refractivity contribution < 1.29 is 19.8 Å². The van der Waals surface area contributed by atoms with Crippen molar-refractivity contribution in [2.45, 2.75) is 117 Å². The first-order valence-electron chi connectivity index (χ1n) is 21.9. The number of amides is 2. The van der Waals surface area contributed by atoms with Gasteiger partial charge in [-0.3, -0.25) is 19.4 Å². The molecular formula is C50H68N6O4. The first kappa shape index (κ1) is 44.8. The molecule has 60 heavy (non-hydrogen) atoms. The van der Waals surface area contributed by atoms with Crippen molar-refractivity contribution in [3.8, 4) is 11.5 Å². The molecule has 4 N–H and O–H groups in total. The third kappa shape index (κ3) is 10.4. The molecule has 2 aliphatic heterocycles. The number of phenolic OH excluding ortho intramolecular Hbond substituents is 2. The number of aromatic hydroxyl groups is 2. The van der Waals surface area contributed by atoms with Crippen LogP contribution < -0.4 is 10.6 Å². The Morgan fingerprint density at radius 2 is 0.933 bits per heavy atom. The van der Waals surface area contributed by atoms with Crippen LogP contribution >= 0.6 is 0 Å². The maximum atomic E-state index is 14.7. The number of aryl methyl sites for hydroxylation is 4. The quantitative estimate of drug-likeness (QED) is 0.0891. The molecule has 4 atom stereocenters. The highest BCUT2D eigenvalue weighted by atomic mass is 16.3. The number of hydrogen-bond acceptors (Lipinski definition) is 8. The lowest BCUT2D eigenvalue weighted by molar-refractivity contribution is -0.141. The van der Waals surface area contributed by atoms with Crippen LogP contribution in [0.25, 0.3) is 0 Å². The highest BCUT2D eigenvalue weighted by Gasteiger charge is 2.36. The van der Waals surface area contributed by atoms with Crippen molar-refractivity contribution in [2.75, 3.05) is 41.3 Å². The molecule has 0 saturated heterocycles. The number of carbonyl (C=O) groups excluding carboxylic acids is 2. The zero-order valence-electron chi connectivity index (χ0n) is 37.2. The van der Waals surface area contributed by atoms with Crippen LogP contribution in [-0.4, -0.2) is 107 Å². The van der Waals surface area contributed by atoms with Gasteiger partial charge in [0, 0.05) is 39.0 Å². The van der Waals surface area contributed by atoms with E-state index in [1.807, 2.05) is 41.8 Å². The molecule has 10 nitrogen and oxygen atoms in total. The van der Waals surface area contributed by atoms with Gasteiger partial charge in [-0.2, -0.15) is 0 Å². The Kier molecular flexibility index (Phi) is 15.1. The highest BCUT2D eigenvalue weighted by Crippen LogP contribution is 2.29. The van der Waals surface area contributed by atoms with Gasteiger partial charge in [-0.1, -0.05) is 61.4 Å². The predicted molar refractivity (Wildman–Crippen MR) is 241 cm³/mol. The summed E-state index contributed by atoms with van der Waals surface area (Å²) in [4.78, 5) is 38.2. The van der Waals surface area contributed by atoms with Crippen molar-refractivity contribution in [3.05, 3.63) is 128 Å². The molecule has 0 aromatic heterocycles. The van der Waals surface area contributed by atoms with E-state index in [1.54, 1.807) is 24.3 Å². The van der Waals surface area contributed by atoms with Gasteiger partial charge in [0.05, 0.1) is 24.4 Å². The van der Waals surface area contributed by atoms with E-state index < -0.39 is 12.1 Å². The zero-order valence-corrected chi connectivity index (χ0v) is 37.2. The Morgan fingerprint density at radius 1 is 0.600 bits per heavy atom. The maximum Gasteiger partial charge on any atom is 0.241 e. The molecule has 10 heteroatoms. The van der Waals surface area contributed by atoms with Crippen LogP contribution in [0.5, 0.6) is 11.5 Å². The fourth-order valence-electron chi connectivity index (χ4n) is 9.72. The number of nitrogens with one attached hydrogen (secondary N) is 2. The molecule has 0 fully saturated rings. The summed E-state index contributed by atoms with van der Waals surface area (Å²) < 4.78 is 0. The Morgan fingerprint density at radius 3 is 1.27 bits per heavy atom. The van der Waals surface area contributed by atoms with Gasteiger partial charge in [-0.05, 0) is 161 Å². The number of hydrogen-bond donors (Lipinski definition) is 4. The summed E-state index contributed by atoms with van der Waals surface area (Å²) in [6, 6.07) is 23.4. The smallest absolute Gasteiger partial charge is 0.241 e. The van der Waals surface area contributed by atoms with Crippen molar-refractivity contribution in [1.29, 1.82) is 0 Å². The van der Waals surface area contributed by atoms with E-state index >= 15 is 0 Å². The number of likely N-dealkylation sites (N-methyl/N-ethyl adjacent to an activating group) is 4. The number of fused-ring (bicyclic) bond motifs is 2. The number of unbranched alkanes of at least 4 members (excludes halogenated alkanes) is 3. The molecule has 2 heterocycles. The van der Waals surface area contributed by atoms with E-state index in [0.29, 0.717) is 25.9 Å². The Bertz CT molecular complexity index is 1930. The molecule has 6 rings (SSSR count). The molecule has 4 aromatic rings. The van der Waals surface area contributed by atoms with Crippen LogP contribution in [0, 0.1) is 27.7 Å². The van der Waals surface area contributed by atoms with Gasteiger partial charge in [0.2, 0.25) is 11.8 Å². The summed E-state index contributed by atoms with van der Waals surface area (Å²) in [5.74, 6) is 0.676. The van der Waals surface area contributed by atoms with Crippen LogP contribution in [0.1, 0.15) is 81.3 Å². The van der Waals surface area contributed by atoms with Crippen molar-refractivity contribution >= 4 is 11.8 Å². The second-order valence-corrected chi connectivity index (χ2v) is 17.4. The standard InChI is InChI=1S/C50H68N6O4/c1-33-23-41(57)24-34(2)43(33)29-45(51-5)49(59)55(47-27-37-17-11-13-19-39(37)31-53(47)7)21-15-9-10-16-22-56(48-28-38-18-12-14-20-40(38)32-54(48)8)50(60)46(52-6)30-44-35(3)25-42(58)26-36(44)4/h11-14,17-20,23-26,45-48,51-52,57-58H,9-10,15-16,21-22,27-32H2,1-8H3/t45-,46-,47?,48?/m0/s1. The Hall–Kier alpha value is -4.74. The predicted octanol–water partition coefficient (Wildman–Crippen LogP) is 6.54. The Labute approximate surface area is 358 Å². The van der Waals surface area contributed by atoms with E-state index in [1.165, 1.54) is 22.3 Å². The third-order valence-corrected chi connectivity index (χ3v) is 13.2. The largest absolute Gasteiger partial charge is 0.508 e. The number of benzene rings is 4. The molecule has 0 saturated carbocycles. The number of phenols is 2. The average Bonchev–Trinajstić information content (AvgIpc) is 3.21. The van der Waals surface area contributed by atoms with Crippen molar-refractivity contribution in [1.82, 2.24) is 30.2 Å². The summed E-state index contributed by atoms with van der Waals surface area (Å²) in [7, 11) is 7.98. The molecule has 0 radical (unpaired) electrons. The molecule has 4 aromatic carbocycles. The van der Waals surface area contributed by atoms with Gasteiger partial charge in [0.1, 0.15) is 11.5 Å². The van der Waals surface area contributed by atoms with Crippen LogP contribution in [0.15, 0.2) is 72.8 Å². The zero-order chi connectivity index (χ0) is 43.1. The number of nitrogens with zero attached hydrogens (tertiary/aromatic N) is 4. The molecule has 322 valence electrons. The summed E-state index contributed by atoms with van der Waals surface area (Å²) >= 11 is 0. The van der Waals surface area contributed by atoms with Gasteiger partial charge >= 0.3 is 0 Å². The van der Waals surface area contributed by atoms with E-state index in [9.17, 15) is 19.8 Å². The monoisotopic (exact) mass is 817 g/mol.